The molecule has 8 rings (SSSR count). The zero-order valence-corrected chi connectivity index (χ0v) is 49.8. The first kappa shape index (κ1) is 66.5. The minimum Gasteiger partial charge on any atom is -0.496 e. The molecular weight excluding hydrogens is 1250 g/mol. The van der Waals surface area contributed by atoms with Crippen LogP contribution in [0.15, 0.2) is 48.5 Å². The van der Waals surface area contributed by atoms with Crippen LogP contribution >= 0.6 is 46.4 Å². The normalized spacial score (nSPS) is 11.7. The molecule has 4 nitrogen and oxygen atoms in total. The number of hydrogen-bond acceptors (Lipinski definition) is 4. The number of hydrogen-bond donors (Lipinski definition) is 0. The van der Waals surface area contributed by atoms with Gasteiger partial charge in [-0.1, -0.05) is 98.4 Å². The van der Waals surface area contributed by atoms with Gasteiger partial charge in [0, 0.05) is 22.0 Å². The Labute approximate surface area is 501 Å². The Morgan fingerprint density at radius 1 is 0.267 bits per heavy atom. The molecule has 0 fully saturated rings. The first-order chi connectivity index (χ1) is 39.9. The molecule has 8 aromatic carbocycles. The Balaban J connectivity index is 0.000000246. The molecular formula is C62H44Cl4F16O4. The summed E-state index contributed by atoms with van der Waals surface area (Å²) in [6.07, 6.45) is 0. The monoisotopic (exact) mass is 1300 g/mol. The van der Waals surface area contributed by atoms with Crippen LogP contribution in [0.1, 0.15) is 83.3 Å². The predicted octanol–water partition coefficient (Wildman–Crippen LogP) is 21.7. The molecule has 0 aromatic heterocycles. The average Bonchev–Trinajstić information content (AvgIpc) is 1.23. The van der Waals surface area contributed by atoms with Crippen LogP contribution in [-0.4, -0.2) is 14.2 Å². The fourth-order valence-corrected chi connectivity index (χ4v) is 10.7. The molecule has 0 aliphatic heterocycles. The van der Waals surface area contributed by atoms with Crippen LogP contribution < -0.4 is 18.9 Å². The van der Waals surface area contributed by atoms with Crippen molar-refractivity contribution in [1.29, 1.82) is 0 Å². The molecule has 0 saturated heterocycles. The van der Waals surface area contributed by atoms with Crippen molar-refractivity contribution in [1.82, 2.24) is 0 Å². The highest BCUT2D eigenvalue weighted by atomic mass is 35.5. The molecule has 86 heavy (non-hydrogen) atoms. The topological polar surface area (TPSA) is 36.9 Å². The van der Waals surface area contributed by atoms with E-state index in [1.165, 1.54) is 19.2 Å². The Bertz CT molecular complexity index is 3660. The SMILES string of the molecule is COc1c(C)cc(C(C)(C)c2cc(C)c(Oc3c(F)c(F)c(-c4c(F)c(F)c(C)c(F)c4F)c(F)c3F)c(C)c2)cc1C.COc1c(Cl)cc(C(C)(C)c2cc(Cl)c(Oc3c(F)c(F)c(-c4c(F)c(F)c(C)c(F)c4F)c(F)c3F)c(Cl)c2)cc1Cl. The van der Waals surface area contributed by atoms with Crippen LogP contribution in [0.5, 0.6) is 34.5 Å². The van der Waals surface area contributed by atoms with E-state index in [1.54, 1.807) is 59.1 Å². The fraction of sp³-hybridized carbons (Fsp3) is 0.226. The lowest BCUT2D eigenvalue weighted by Crippen LogP contribution is -2.20. The standard InChI is InChI=1S/C33H28F8O2.C29H16Cl4F8O2/c1-13-9-18(10-14(2)30(13)42-8)33(6,7)19-11-15(3)31(16(4)12-19)43-32-28(40)26(38)21(27(39)29(32)41)20-24(36)22(34)17(5)23(35)25(20)37;1-9-18(34)20(36)16(21(37)19(9)35)17-22(38)24(40)28(25(41)23(17)39)43-27-14(32)7-11(8-15(27)33)29(2,3)10-5-12(30)26(42-4)13(31)6-10/h9-12H,1-8H3;5-8H,1-4H3. The summed E-state index contributed by atoms with van der Waals surface area (Å²) < 4.78 is 256. The minimum absolute atomic E-state index is 0.129. The Morgan fingerprint density at radius 2 is 0.477 bits per heavy atom. The van der Waals surface area contributed by atoms with Gasteiger partial charge in [0.05, 0.1) is 56.6 Å². The van der Waals surface area contributed by atoms with Gasteiger partial charge in [0.25, 0.3) is 0 Å². The van der Waals surface area contributed by atoms with Crippen LogP contribution in [0, 0.1) is 135 Å². The Kier molecular flexibility index (Phi) is 19.1. The molecule has 0 bridgehead atoms. The van der Waals surface area contributed by atoms with Crippen molar-refractivity contribution in [2.24, 2.45) is 0 Å². The van der Waals surface area contributed by atoms with Gasteiger partial charge in [-0.3, -0.25) is 0 Å². The third-order valence-electron chi connectivity index (χ3n) is 14.5. The quantitative estimate of drug-likeness (QED) is 0.0902. The molecule has 456 valence electrons. The highest BCUT2D eigenvalue weighted by molar-refractivity contribution is 6.38. The third kappa shape index (κ3) is 11.5. The molecule has 0 radical (unpaired) electrons. The van der Waals surface area contributed by atoms with Crippen molar-refractivity contribution in [2.75, 3.05) is 14.2 Å². The van der Waals surface area contributed by atoms with Gasteiger partial charge in [-0.05, 0) is 110 Å². The second kappa shape index (κ2) is 24.6. The summed E-state index contributed by atoms with van der Waals surface area (Å²) in [7, 11) is 2.97. The van der Waals surface area contributed by atoms with Gasteiger partial charge in [-0.15, -0.1) is 0 Å². The number of ether oxygens (including phenoxy) is 4. The molecule has 0 heterocycles. The van der Waals surface area contributed by atoms with Crippen LogP contribution in [0.4, 0.5) is 70.2 Å². The lowest BCUT2D eigenvalue weighted by Gasteiger charge is -2.29. The number of halogens is 20. The van der Waals surface area contributed by atoms with E-state index in [0.29, 0.717) is 36.1 Å². The summed E-state index contributed by atoms with van der Waals surface area (Å²) in [5.74, 6) is -38.3. The maximum absolute atomic E-state index is 15.2. The van der Waals surface area contributed by atoms with E-state index >= 15 is 35.1 Å². The first-order valence-electron chi connectivity index (χ1n) is 24.9. The van der Waals surface area contributed by atoms with Crippen LogP contribution in [0.25, 0.3) is 22.3 Å². The summed E-state index contributed by atoms with van der Waals surface area (Å²) in [6, 6.07) is 13.1. The van der Waals surface area contributed by atoms with E-state index in [-0.39, 0.29) is 31.6 Å². The van der Waals surface area contributed by atoms with Crippen molar-refractivity contribution >= 4 is 46.4 Å². The second-order valence-corrected chi connectivity index (χ2v) is 22.3. The minimum atomic E-state index is -2.41. The van der Waals surface area contributed by atoms with E-state index in [0.717, 1.165) is 28.0 Å². The summed E-state index contributed by atoms with van der Waals surface area (Å²) in [6.45, 7) is 15.7. The van der Waals surface area contributed by atoms with E-state index in [1.807, 2.05) is 39.8 Å². The van der Waals surface area contributed by atoms with Gasteiger partial charge in [0.2, 0.25) is 34.8 Å². The average molecular weight is 1300 g/mol. The molecule has 0 N–H and O–H groups in total. The van der Waals surface area contributed by atoms with Gasteiger partial charge in [0.1, 0.15) is 11.5 Å². The molecule has 0 aliphatic carbocycles. The first-order valence-corrected chi connectivity index (χ1v) is 26.5. The Hall–Kier alpha value is -7.00. The number of benzene rings is 8. The predicted molar refractivity (Wildman–Crippen MR) is 295 cm³/mol. The molecule has 0 aliphatic rings. The van der Waals surface area contributed by atoms with Gasteiger partial charge in [-0.25, -0.2) is 52.7 Å². The van der Waals surface area contributed by atoms with Crippen molar-refractivity contribution in [2.45, 2.75) is 80.1 Å². The molecule has 0 saturated carbocycles. The largest absolute Gasteiger partial charge is 0.496 e. The van der Waals surface area contributed by atoms with E-state index < -0.39 is 155 Å². The lowest BCUT2D eigenvalue weighted by atomic mass is 9.76. The maximum atomic E-state index is 15.2. The smallest absolute Gasteiger partial charge is 0.205 e. The van der Waals surface area contributed by atoms with E-state index in [2.05, 4.69) is 0 Å². The van der Waals surface area contributed by atoms with Crippen molar-refractivity contribution in [3.8, 4) is 56.8 Å². The van der Waals surface area contributed by atoms with Crippen molar-refractivity contribution < 1.29 is 89.2 Å². The number of aryl methyl sites for hydroxylation is 4. The van der Waals surface area contributed by atoms with E-state index in [9.17, 15) is 35.1 Å². The summed E-state index contributed by atoms with van der Waals surface area (Å²) in [5, 5.41) is -0.344. The zero-order valence-electron chi connectivity index (χ0n) is 46.8. The summed E-state index contributed by atoms with van der Waals surface area (Å²) in [4.78, 5) is 0. The molecule has 0 unspecified atom stereocenters. The van der Waals surface area contributed by atoms with Crippen molar-refractivity contribution in [3.63, 3.8) is 0 Å². The van der Waals surface area contributed by atoms with Crippen LogP contribution in [0.3, 0.4) is 0 Å². The van der Waals surface area contributed by atoms with E-state index in [4.69, 9.17) is 65.4 Å². The molecule has 0 atom stereocenters. The molecule has 24 heteroatoms. The maximum Gasteiger partial charge on any atom is 0.205 e. The lowest BCUT2D eigenvalue weighted by molar-refractivity contribution is 0.364. The highest BCUT2D eigenvalue weighted by Crippen LogP contribution is 2.49. The third-order valence-corrected chi connectivity index (χ3v) is 15.7. The van der Waals surface area contributed by atoms with Gasteiger partial charge >= 0.3 is 0 Å². The van der Waals surface area contributed by atoms with Crippen LogP contribution in [-0.2, 0) is 10.8 Å². The van der Waals surface area contributed by atoms with Gasteiger partial charge in [0.15, 0.2) is 81.3 Å². The number of rotatable bonds is 12. The van der Waals surface area contributed by atoms with Crippen LogP contribution in [0.2, 0.25) is 20.1 Å². The summed E-state index contributed by atoms with van der Waals surface area (Å²) >= 11 is 25.1. The molecule has 0 amide bonds. The molecule has 8 aromatic rings. The fourth-order valence-electron chi connectivity index (χ4n) is 9.54. The van der Waals surface area contributed by atoms with Gasteiger partial charge in [-0.2, -0.15) is 17.6 Å². The van der Waals surface area contributed by atoms with Crippen molar-refractivity contribution in [3.05, 3.63) is 217 Å². The molecule has 0 spiro atoms. The Morgan fingerprint density at radius 3 is 0.733 bits per heavy atom. The van der Waals surface area contributed by atoms with Gasteiger partial charge < -0.3 is 18.9 Å². The summed E-state index contributed by atoms with van der Waals surface area (Å²) in [5.41, 5.74) is -6.38. The number of methoxy groups -OCH3 is 2. The highest BCUT2D eigenvalue weighted by Gasteiger charge is 2.38. The second-order valence-electron chi connectivity index (χ2n) is 20.7. The zero-order chi connectivity index (χ0) is 64.6.